The number of carbonyl (C=O) groups is 2. The van der Waals surface area contributed by atoms with Crippen LogP contribution in [-0.4, -0.2) is 60.8 Å². The van der Waals surface area contributed by atoms with Crippen molar-refractivity contribution in [3.05, 3.63) is 42.0 Å². The number of nitrogens with zero attached hydrogens (tertiary/aromatic N) is 6. The Morgan fingerprint density at radius 1 is 1.18 bits per heavy atom. The maximum Gasteiger partial charge on any atom is 0.289 e. The van der Waals surface area contributed by atoms with Crippen LogP contribution in [0.4, 0.5) is 0 Å². The number of hydrogen-bond donors (Lipinski definition) is 0. The summed E-state index contributed by atoms with van der Waals surface area (Å²) in [7, 11) is 1.84. The van der Waals surface area contributed by atoms with Gasteiger partial charge in [0.15, 0.2) is 5.82 Å². The monoisotopic (exact) mass is 382 g/mol. The Balaban J connectivity index is 1.48. The Kier molecular flexibility index (Phi) is 4.87. The van der Waals surface area contributed by atoms with Crippen LogP contribution in [0.1, 0.15) is 47.7 Å². The SMILES string of the molecule is Cc1cnc(CN2CC3(CCCN(C(=O)c4nccn4C)C3)CCC2=O)cn1. The predicted molar refractivity (Wildman–Crippen MR) is 102 cm³/mol. The standard InChI is InChI=1S/C20H26N6O2/c1-15-10-23-16(11-22-15)12-26-14-20(6-4-17(26)27)5-3-8-25(13-20)19(28)18-21-7-9-24(18)2/h7,9-11H,3-6,8,12-14H2,1-2H3. The van der Waals surface area contributed by atoms with Crippen LogP contribution < -0.4 is 0 Å². The summed E-state index contributed by atoms with van der Waals surface area (Å²) in [6, 6.07) is 0. The molecule has 1 atom stereocenters. The van der Waals surface area contributed by atoms with E-state index in [0.29, 0.717) is 31.9 Å². The highest BCUT2D eigenvalue weighted by atomic mass is 16.2. The van der Waals surface area contributed by atoms with E-state index in [2.05, 4.69) is 15.0 Å². The van der Waals surface area contributed by atoms with Gasteiger partial charge >= 0.3 is 0 Å². The van der Waals surface area contributed by atoms with Crippen molar-refractivity contribution < 1.29 is 9.59 Å². The Morgan fingerprint density at radius 3 is 2.75 bits per heavy atom. The first-order valence-electron chi connectivity index (χ1n) is 9.78. The van der Waals surface area contributed by atoms with Crippen LogP contribution in [0.3, 0.4) is 0 Å². The first-order chi connectivity index (χ1) is 13.5. The lowest BCUT2D eigenvalue weighted by molar-refractivity contribution is -0.139. The zero-order valence-corrected chi connectivity index (χ0v) is 16.5. The first-order valence-corrected chi connectivity index (χ1v) is 9.78. The van der Waals surface area contributed by atoms with Crippen molar-refractivity contribution in [1.82, 2.24) is 29.3 Å². The van der Waals surface area contributed by atoms with Gasteiger partial charge in [-0.25, -0.2) is 4.98 Å². The summed E-state index contributed by atoms with van der Waals surface area (Å²) in [5.74, 6) is 0.593. The number of hydrogen-bond acceptors (Lipinski definition) is 5. The van der Waals surface area contributed by atoms with Crippen molar-refractivity contribution in [2.75, 3.05) is 19.6 Å². The van der Waals surface area contributed by atoms with Crippen LogP contribution in [0, 0.1) is 12.3 Å². The second kappa shape index (κ2) is 7.33. The van der Waals surface area contributed by atoms with Gasteiger partial charge in [0, 0.05) is 57.1 Å². The molecule has 0 saturated carbocycles. The highest BCUT2D eigenvalue weighted by Crippen LogP contribution is 2.39. The third kappa shape index (κ3) is 3.63. The molecular formula is C20H26N6O2. The molecule has 2 fully saturated rings. The van der Waals surface area contributed by atoms with Gasteiger partial charge in [-0.15, -0.1) is 0 Å². The van der Waals surface area contributed by atoms with Gasteiger partial charge in [-0.05, 0) is 26.2 Å². The fourth-order valence-corrected chi connectivity index (χ4v) is 4.37. The molecule has 2 saturated heterocycles. The molecular weight excluding hydrogens is 356 g/mol. The van der Waals surface area contributed by atoms with Gasteiger partial charge in [0.25, 0.3) is 5.91 Å². The minimum atomic E-state index is -0.0505. The van der Waals surface area contributed by atoms with E-state index in [0.717, 1.165) is 37.2 Å². The molecule has 4 rings (SSSR count). The zero-order chi connectivity index (χ0) is 19.7. The average molecular weight is 382 g/mol. The maximum absolute atomic E-state index is 12.9. The van der Waals surface area contributed by atoms with Gasteiger partial charge in [0.05, 0.1) is 24.1 Å². The highest BCUT2D eigenvalue weighted by molar-refractivity contribution is 5.91. The second-order valence-electron chi connectivity index (χ2n) is 8.09. The predicted octanol–water partition coefficient (Wildman–Crippen LogP) is 1.56. The van der Waals surface area contributed by atoms with E-state index in [1.165, 1.54) is 0 Å². The molecule has 1 spiro atoms. The van der Waals surface area contributed by atoms with E-state index < -0.39 is 0 Å². The van der Waals surface area contributed by atoms with Crippen LogP contribution in [0.5, 0.6) is 0 Å². The molecule has 4 heterocycles. The molecule has 0 aromatic carbocycles. The maximum atomic E-state index is 12.9. The van der Waals surface area contributed by atoms with Gasteiger partial charge < -0.3 is 14.4 Å². The fraction of sp³-hybridized carbons (Fsp3) is 0.550. The molecule has 2 aliphatic rings. The van der Waals surface area contributed by atoms with E-state index in [-0.39, 0.29) is 17.2 Å². The van der Waals surface area contributed by atoms with E-state index in [9.17, 15) is 9.59 Å². The number of likely N-dealkylation sites (tertiary alicyclic amines) is 2. The summed E-state index contributed by atoms with van der Waals surface area (Å²) >= 11 is 0. The smallest absolute Gasteiger partial charge is 0.289 e. The minimum Gasteiger partial charge on any atom is -0.336 e. The van der Waals surface area contributed by atoms with Crippen molar-refractivity contribution in [2.24, 2.45) is 12.5 Å². The topological polar surface area (TPSA) is 84.2 Å². The molecule has 2 aliphatic heterocycles. The Morgan fingerprint density at radius 2 is 2.04 bits per heavy atom. The summed E-state index contributed by atoms with van der Waals surface area (Å²) in [4.78, 5) is 42.1. The third-order valence-electron chi connectivity index (χ3n) is 5.90. The van der Waals surface area contributed by atoms with Gasteiger partial charge in [-0.2, -0.15) is 0 Å². The fourth-order valence-electron chi connectivity index (χ4n) is 4.37. The first kappa shape index (κ1) is 18.6. The largest absolute Gasteiger partial charge is 0.336 e. The highest BCUT2D eigenvalue weighted by Gasteiger charge is 2.43. The molecule has 0 radical (unpaired) electrons. The molecule has 2 amide bonds. The molecule has 8 heteroatoms. The average Bonchev–Trinajstić information content (AvgIpc) is 3.12. The molecule has 148 valence electrons. The van der Waals surface area contributed by atoms with Gasteiger partial charge in [0.2, 0.25) is 5.91 Å². The number of aromatic nitrogens is 4. The molecule has 2 aromatic heterocycles. The lowest BCUT2D eigenvalue weighted by atomic mass is 9.73. The summed E-state index contributed by atoms with van der Waals surface area (Å²) in [5.41, 5.74) is 1.61. The molecule has 1 unspecified atom stereocenters. The number of imidazole rings is 1. The minimum absolute atomic E-state index is 0.0283. The van der Waals surface area contributed by atoms with Crippen LogP contribution >= 0.6 is 0 Å². The van der Waals surface area contributed by atoms with Crippen LogP contribution in [0.25, 0.3) is 0 Å². The van der Waals surface area contributed by atoms with E-state index in [1.807, 2.05) is 23.8 Å². The number of amides is 2. The number of rotatable bonds is 3. The second-order valence-corrected chi connectivity index (χ2v) is 8.09. The van der Waals surface area contributed by atoms with Crippen LogP contribution in [0.2, 0.25) is 0 Å². The Hall–Kier alpha value is -2.77. The Bertz CT molecular complexity index is 877. The zero-order valence-electron chi connectivity index (χ0n) is 16.5. The normalized spacial score (nSPS) is 22.7. The summed E-state index contributed by atoms with van der Waals surface area (Å²) in [6.07, 6.45) is 10.2. The third-order valence-corrected chi connectivity index (χ3v) is 5.90. The van der Waals surface area contributed by atoms with Crippen molar-refractivity contribution in [2.45, 2.75) is 39.2 Å². The summed E-state index contributed by atoms with van der Waals surface area (Å²) < 4.78 is 1.76. The van der Waals surface area contributed by atoms with Crippen molar-refractivity contribution in [3.8, 4) is 0 Å². The van der Waals surface area contributed by atoms with Crippen molar-refractivity contribution in [1.29, 1.82) is 0 Å². The van der Waals surface area contributed by atoms with E-state index in [4.69, 9.17) is 0 Å². The molecule has 8 nitrogen and oxygen atoms in total. The summed E-state index contributed by atoms with van der Waals surface area (Å²) in [6.45, 7) is 4.44. The molecule has 0 aliphatic carbocycles. The van der Waals surface area contributed by atoms with Crippen molar-refractivity contribution in [3.63, 3.8) is 0 Å². The Labute approximate surface area is 164 Å². The van der Waals surface area contributed by atoms with Gasteiger partial charge in [-0.3, -0.25) is 19.6 Å². The van der Waals surface area contributed by atoms with E-state index >= 15 is 0 Å². The molecule has 0 bridgehead atoms. The number of aryl methyl sites for hydroxylation is 2. The molecule has 0 N–H and O–H groups in total. The number of carbonyl (C=O) groups excluding carboxylic acids is 2. The molecule has 2 aromatic rings. The van der Waals surface area contributed by atoms with E-state index in [1.54, 1.807) is 29.4 Å². The number of piperidine rings is 2. The van der Waals surface area contributed by atoms with Gasteiger partial charge in [0.1, 0.15) is 0 Å². The van der Waals surface area contributed by atoms with Crippen LogP contribution in [0.15, 0.2) is 24.8 Å². The van der Waals surface area contributed by atoms with Crippen LogP contribution in [-0.2, 0) is 18.4 Å². The quantitative estimate of drug-likeness (QED) is 0.804. The molecule has 28 heavy (non-hydrogen) atoms. The summed E-state index contributed by atoms with van der Waals surface area (Å²) in [5, 5.41) is 0. The lowest BCUT2D eigenvalue weighted by Gasteiger charge is -2.48. The van der Waals surface area contributed by atoms with Crippen molar-refractivity contribution >= 4 is 11.8 Å². The van der Waals surface area contributed by atoms with Gasteiger partial charge in [-0.1, -0.05) is 0 Å². The lowest BCUT2D eigenvalue weighted by Crippen LogP contribution is -2.55.